The highest BCUT2D eigenvalue weighted by atomic mass is 127. The fourth-order valence-electron chi connectivity index (χ4n) is 1.25. The number of benzene rings is 1. The minimum Gasteiger partial charge on any atom is -0.495 e. The molecule has 4 heteroatoms. The minimum atomic E-state index is 0.786. The molecule has 0 atom stereocenters. The van der Waals surface area contributed by atoms with Crippen LogP contribution in [0, 0.1) is 3.57 Å². The first-order chi connectivity index (χ1) is 6.22. The van der Waals surface area contributed by atoms with E-state index in [1.807, 2.05) is 17.5 Å². The molecule has 0 spiro atoms. The van der Waals surface area contributed by atoms with E-state index in [0.29, 0.717) is 0 Å². The molecule has 68 valence electrons. The molecular weight excluding hydrogens is 297 g/mol. The molecule has 0 saturated heterocycles. The predicted octanol–water partition coefficient (Wildman–Crippen LogP) is 3.10. The Morgan fingerprint density at radius 2 is 2.23 bits per heavy atom. The van der Waals surface area contributed by atoms with E-state index in [9.17, 15) is 0 Å². The maximum atomic E-state index is 5.75. The van der Waals surface area contributed by atoms with Crippen LogP contribution in [0.4, 0.5) is 5.69 Å². The van der Waals surface area contributed by atoms with E-state index < -0.39 is 0 Å². The fraction of sp³-hybridized carbons (Fsp3) is 0.111. The third-order valence-corrected chi connectivity index (χ3v) is 4.06. The zero-order chi connectivity index (χ0) is 9.42. The maximum Gasteiger partial charge on any atom is 0.137 e. The first-order valence-electron chi connectivity index (χ1n) is 3.72. The molecule has 0 amide bonds. The second-order valence-electron chi connectivity index (χ2n) is 2.68. The topological polar surface area (TPSA) is 35.2 Å². The molecule has 0 aliphatic carbocycles. The highest BCUT2D eigenvalue weighted by molar-refractivity contribution is 14.1. The van der Waals surface area contributed by atoms with Gasteiger partial charge in [0, 0.05) is 20.0 Å². The van der Waals surface area contributed by atoms with Crippen LogP contribution in [-0.2, 0) is 0 Å². The van der Waals surface area contributed by atoms with Gasteiger partial charge in [0.05, 0.1) is 11.8 Å². The van der Waals surface area contributed by atoms with Crippen LogP contribution in [0.5, 0.6) is 5.75 Å². The molecule has 2 rings (SSSR count). The van der Waals surface area contributed by atoms with Crippen molar-refractivity contribution in [3.8, 4) is 5.75 Å². The zero-order valence-electron chi connectivity index (χ0n) is 7.00. The first-order valence-corrected chi connectivity index (χ1v) is 5.68. The van der Waals surface area contributed by atoms with E-state index in [0.717, 1.165) is 16.8 Å². The largest absolute Gasteiger partial charge is 0.495 e. The Labute approximate surface area is 93.8 Å². The summed E-state index contributed by atoms with van der Waals surface area (Å²) in [6, 6.07) is 3.92. The molecule has 0 aliphatic heterocycles. The Bertz CT molecular complexity index is 452. The molecule has 0 bridgehead atoms. The van der Waals surface area contributed by atoms with Crippen LogP contribution in [0.25, 0.3) is 10.1 Å². The summed E-state index contributed by atoms with van der Waals surface area (Å²) in [5.41, 5.74) is 6.54. The summed E-state index contributed by atoms with van der Waals surface area (Å²) in [5, 5.41) is 3.11. The van der Waals surface area contributed by atoms with Crippen molar-refractivity contribution in [2.45, 2.75) is 0 Å². The highest BCUT2D eigenvalue weighted by Crippen LogP contribution is 2.36. The number of nitrogen functional groups attached to an aromatic ring is 1. The molecule has 2 aromatic rings. The van der Waals surface area contributed by atoms with Crippen LogP contribution in [-0.4, -0.2) is 7.11 Å². The number of anilines is 1. The number of nitrogens with two attached hydrogens (primary N) is 1. The number of hydrogen-bond acceptors (Lipinski definition) is 3. The van der Waals surface area contributed by atoms with Gasteiger partial charge in [0.1, 0.15) is 5.75 Å². The Balaban J connectivity index is 2.82. The number of methoxy groups -OCH3 is 1. The Hall–Kier alpha value is -0.490. The monoisotopic (exact) mass is 305 g/mol. The summed E-state index contributed by atoms with van der Waals surface area (Å²) >= 11 is 3.97. The number of fused-ring (bicyclic) bond motifs is 1. The summed E-state index contributed by atoms with van der Waals surface area (Å²) in [6.45, 7) is 0. The maximum absolute atomic E-state index is 5.75. The summed E-state index contributed by atoms with van der Waals surface area (Å²) in [4.78, 5) is 0. The SMILES string of the molecule is COc1csc2c(I)cc(N)cc12. The van der Waals surface area contributed by atoms with Crippen molar-refractivity contribution in [2.24, 2.45) is 0 Å². The van der Waals surface area contributed by atoms with Gasteiger partial charge >= 0.3 is 0 Å². The number of rotatable bonds is 1. The van der Waals surface area contributed by atoms with Crippen molar-refractivity contribution < 1.29 is 4.74 Å². The fourth-order valence-corrected chi connectivity index (χ4v) is 3.19. The molecule has 0 aliphatic rings. The van der Waals surface area contributed by atoms with Crippen molar-refractivity contribution in [1.29, 1.82) is 0 Å². The number of halogens is 1. The lowest BCUT2D eigenvalue weighted by Crippen LogP contribution is -1.86. The minimum absolute atomic E-state index is 0.786. The van der Waals surface area contributed by atoms with E-state index in [1.54, 1.807) is 18.4 Å². The van der Waals surface area contributed by atoms with Gasteiger partial charge in [-0.3, -0.25) is 0 Å². The quantitative estimate of drug-likeness (QED) is 0.649. The molecule has 2 nitrogen and oxygen atoms in total. The van der Waals surface area contributed by atoms with Gasteiger partial charge < -0.3 is 10.5 Å². The van der Waals surface area contributed by atoms with Crippen LogP contribution >= 0.6 is 33.9 Å². The van der Waals surface area contributed by atoms with Crippen molar-refractivity contribution in [3.63, 3.8) is 0 Å². The predicted molar refractivity (Wildman–Crippen MR) is 65.5 cm³/mol. The number of thiophene rings is 1. The van der Waals surface area contributed by atoms with Crippen molar-refractivity contribution in [1.82, 2.24) is 0 Å². The summed E-state index contributed by atoms with van der Waals surface area (Å²) < 4.78 is 7.65. The summed E-state index contributed by atoms with van der Waals surface area (Å²) in [7, 11) is 1.68. The summed E-state index contributed by atoms with van der Waals surface area (Å²) in [6.07, 6.45) is 0. The van der Waals surface area contributed by atoms with Gasteiger partial charge in [-0.05, 0) is 34.7 Å². The Morgan fingerprint density at radius 1 is 1.46 bits per heavy atom. The van der Waals surface area contributed by atoms with Gasteiger partial charge in [0.2, 0.25) is 0 Å². The van der Waals surface area contributed by atoms with Gasteiger partial charge in [0.25, 0.3) is 0 Å². The normalized spacial score (nSPS) is 10.6. The number of hydrogen-bond donors (Lipinski definition) is 1. The Kier molecular flexibility index (Phi) is 2.33. The Morgan fingerprint density at radius 3 is 2.92 bits per heavy atom. The van der Waals surface area contributed by atoms with Gasteiger partial charge in [0.15, 0.2) is 0 Å². The second-order valence-corrected chi connectivity index (χ2v) is 4.73. The average molecular weight is 305 g/mol. The van der Waals surface area contributed by atoms with Crippen LogP contribution in [0.3, 0.4) is 0 Å². The molecular formula is C9H8INOS. The standard InChI is InChI=1S/C9H8INOS/c1-12-8-4-13-9-6(8)2-5(11)3-7(9)10/h2-4H,11H2,1H3. The van der Waals surface area contributed by atoms with Crippen LogP contribution in [0.1, 0.15) is 0 Å². The lowest BCUT2D eigenvalue weighted by Gasteiger charge is -1.99. The second kappa shape index (κ2) is 3.34. The van der Waals surface area contributed by atoms with Crippen LogP contribution in [0.15, 0.2) is 17.5 Å². The first kappa shape index (κ1) is 9.08. The highest BCUT2D eigenvalue weighted by Gasteiger charge is 2.07. The zero-order valence-corrected chi connectivity index (χ0v) is 9.98. The van der Waals surface area contributed by atoms with Crippen molar-refractivity contribution >= 4 is 49.7 Å². The van der Waals surface area contributed by atoms with E-state index >= 15 is 0 Å². The van der Waals surface area contributed by atoms with Crippen LogP contribution in [0.2, 0.25) is 0 Å². The van der Waals surface area contributed by atoms with Gasteiger partial charge in [-0.2, -0.15) is 0 Å². The smallest absolute Gasteiger partial charge is 0.137 e. The van der Waals surface area contributed by atoms with E-state index in [1.165, 1.54) is 8.27 Å². The summed E-state index contributed by atoms with van der Waals surface area (Å²) in [5.74, 6) is 0.908. The van der Waals surface area contributed by atoms with Gasteiger partial charge in [-0.1, -0.05) is 0 Å². The van der Waals surface area contributed by atoms with E-state index in [2.05, 4.69) is 22.6 Å². The molecule has 13 heavy (non-hydrogen) atoms. The van der Waals surface area contributed by atoms with Gasteiger partial charge in [-0.25, -0.2) is 0 Å². The van der Waals surface area contributed by atoms with Crippen LogP contribution < -0.4 is 10.5 Å². The molecule has 0 unspecified atom stereocenters. The lowest BCUT2D eigenvalue weighted by atomic mass is 10.2. The van der Waals surface area contributed by atoms with E-state index in [4.69, 9.17) is 10.5 Å². The third kappa shape index (κ3) is 1.48. The van der Waals surface area contributed by atoms with Gasteiger partial charge in [-0.15, -0.1) is 11.3 Å². The molecule has 1 heterocycles. The van der Waals surface area contributed by atoms with Crippen molar-refractivity contribution in [3.05, 3.63) is 21.1 Å². The number of ether oxygens (including phenoxy) is 1. The average Bonchev–Trinajstić information content (AvgIpc) is 2.47. The molecule has 0 fully saturated rings. The molecule has 0 radical (unpaired) electrons. The lowest BCUT2D eigenvalue weighted by molar-refractivity contribution is 0.421. The van der Waals surface area contributed by atoms with E-state index in [-0.39, 0.29) is 0 Å². The van der Waals surface area contributed by atoms with Crippen molar-refractivity contribution in [2.75, 3.05) is 12.8 Å². The molecule has 1 aromatic carbocycles. The third-order valence-electron chi connectivity index (χ3n) is 1.84. The molecule has 0 saturated carbocycles. The molecule has 2 N–H and O–H groups in total. The molecule has 1 aromatic heterocycles.